The van der Waals surface area contributed by atoms with Crippen LogP contribution in [-0.4, -0.2) is 45.8 Å². The zero-order chi connectivity index (χ0) is 22.3. The van der Waals surface area contributed by atoms with Gasteiger partial charge in [-0.25, -0.2) is 14.4 Å². The fraction of sp³-hybridized carbons (Fsp3) is 0.316. The van der Waals surface area contributed by atoms with Gasteiger partial charge in [-0.05, 0) is 24.3 Å². The fourth-order valence-electron chi connectivity index (χ4n) is 2.72. The first-order chi connectivity index (χ1) is 14.0. The summed E-state index contributed by atoms with van der Waals surface area (Å²) in [5.74, 6) is -3.74. The maximum atomic E-state index is 14.2. The number of aryl methyl sites for hydroxylation is 1. The maximum absolute atomic E-state index is 14.2. The van der Waals surface area contributed by atoms with Crippen LogP contribution in [0.4, 0.5) is 19.0 Å². The highest BCUT2D eigenvalue weighted by atomic mass is 19.3. The summed E-state index contributed by atoms with van der Waals surface area (Å²) in [6, 6.07) is 1.73. The van der Waals surface area contributed by atoms with Gasteiger partial charge in [-0.3, -0.25) is 4.79 Å². The van der Waals surface area contributed by atoms with E-state index in [0.717, 1.165) is 4.57 Å². The van der Waals surface area contributed by atoms with Gasteiger partial charge in [0, 0.05) is 19.5 Å². The summed E-state index contributed by atoms with van der Waals surface area (Å²) in [4.78, 5) is 20.7. The van der Waals surface area contributed by atoms with E-state index in [-0.39, 0.29) is 23.5 Å². The number of halogens is 3. The SMILES string of the molecule is COc1ccc(-c2cc3ncn(C)c(=O)c3c(NC(F)(F)C(C)(O)F)n2)cc1OC. The molecular formula is C19H19F3N4O4. The third-order valence-corrected chi connectivity index (χ3v) is 4.43. The normalized spacial score (nSPS) is 13.7. The number of benzene rings is 1. The number of hydrogen-bond acceptors (Lipinski definition) is 7. The van der Waals surface area contributed by atoms with Crippen LogP contribution >= 0.6 is 0 Å². The van der Waals surface area contributed by atoms with Gasteiger partial charge < -0.3 is 24.5 Å². The Hall–Kier alpha value is -3.34. The van der Waals surface area contributed by atoms with Crippen LogP contribution in [-0.2, 0) is 7.05 Å². The summed E-state index contributed by atoms with van der Waals surface area (Å²) in [6.07, 6.45) is 1.22. The molecule has 0 aliphatic heterocycles. The monoisotopic (exact) mass is 424 g/mol. The Morgan fingerprint density at radius 2 is 1.80 bits per heavy atom. The number of fused-ring (bicyclic) bond motifs is 1. The highest BCUT2D eigenvalue weighted by molar-refractivity contribution is 5.91. The number of pyridine rings is 1. The van der Waals surface area contributed by atoms with Crippen LogP contribution in [0.5, 0.6) is 11.5 Å². The fourth-order valence-corrected chi connectivity index (χ4v) is 2.72. The van der Waals surface area contributed by atoms with Gasteiger partial charge in [0.05, 0.1) is 31.8 Å². The second-order valence-corrected chi connectivity index (χ2v) is 6.63. The molecule has 30 heavy (non-hydrogen) atoms. The molecule has 0 spiro atoms. The topological polar surface area (TPSA) is 98.5 Å². The molecule has 160 valence electrons. The number of anilines is 1. The Balaban J connectivity index is 2.26. The van der Waals surface area contributed by atoms with Crippen LogP contribution < -0.4 is 20.3 Å². The smallest absolute Gasteiger partial charge is 0.382 e. The highest BCUT2D eigenvalue weighted by Gasteiger charge is 2.51. The van der Waals surface area contributed by atoms with E-state index >= 15 is 0 Å². The van der Waals surface area contributed by atoms with E-state index in [1.54, 1.807) is 23.5 Å². The number of alkyl halides is 3. The molecule has 2 aromatic heterocycles. The molecule has 11 heteroatoms. The zero-order valence-electron chi connectivity index (χ0n) is 16.5. The molecule has 0 amide bonds. The minimum Gasteiger partial charge on any atom is -0.493 e. The number of methoxy groups -OCH3 is 2. The van der Waals surface area contributed by atoms with Crippen molar-refractivity contribution in [3.05, 3.63) is 40.9 Å². The molecule has 0 bridgehead atoms. The Labute approximate surface area is 168 Å². The molecule has 0 aliphatic carbocycles. The summed E-state index contributed by atoms with van der Waals surface area (Å²) in [7, 11) is 4.26. The zero-order valence-corrected chi connectivity index (χ0v) is 16.5. The molecule has 3 rings (SSSR count). The van der Waals surface area contributed by atoms with E-state index in [9.17, 15) is 23.1 Å². The van der Waals surface area contributed by atoms with Crippen molar-refractivity contribution in [3.63, 3.8) is 0 Å². The molecule has 1 unspecified atom stereocenters. The average molecular weight is 424 g/mol. The molecule has 2 heterocycles. The number of aliphatic hydroxyl groups is 1. The third kappa shape index (κ3) is 3.75. The minimum absolute atomic E-state index is 0.0506. The van der Waals surface area contributed by atoms with Gasteiger partial charge in [-0.1, -0.05) is 0 Å². The molecule has 0 radical (unpaired) electrons. The Bertz CT molecular complexity index is 1160. The van der Waals surface area contributed by atoms with Crippen LogP contribution in [0.1, 0.15) is 6.92 Å². The van der Waals surface area contributed by atoms with E-state index in [2.05, 4.69) is 9.97 Å². The largest absolute Gasteiger partial charge is 0.493 e. The maximum Gasteiger partial charge on any atom is 0.382 e. The van der Waals surface area contributed by atoms with E-state index in [1.165, 1.54) is 33.7 Å². The number of aromatic nitrogens is 3. The third-order valence-electron chi connectivity index (χ3n) is 4.43. The molecule has 3 aromatic rings. The molecule has 8 nitrogen and oxygen atoms in total. The first kappa shape index (κ1) is 21.4. The van der Waals surface area contributed by atoms with Crippen LogP contribution in [0.25, 0.3) is 22.2 Å². The predicted molar refractivity (Wildman–Crippen MR) is 104 cm³/mol. The van der Waals surface area contributed by atoms with Crippen molar-refractivity contribution in [3.8, 4) is 22.8 Å². The number of nitrogens with one attached hydrogen (secondary N) is 1. The van der Waals surface area contributed by atoms with Gasteiger partial charge in [0.15, 0.2) is 11.5 Å². The van der Waals surface area contributed by atoms with Crippen LogP contribution in [0.2, 0.25) is 0 Å². The summed E-state index contributed by atoms with van der Waals surface area (Å²) in [5.41, 5.74) is -0.0331. The van der Waals surface area contributed by atoms with Crippen molar-refractivity contribution in [2.75, 3.05) is 19.5 Å². The highest BCUT2D eigenvalue weighted by Crippen LogP contribution is 2.35. The molecule has 0 saturated carbocycles. The van der Waals surface area contributed by atoms with Crippen molar-refractivity contribution < 1.29 is 27.8 Å². The Morgan fingerprint density at radius 1 is 1.13 bits per heavy atom. The first-order valence-corrected chi connectivity index (χ1v) is 8.64. The summed E-state index contributed by atoms with van der Waals surface area (Å²) >= 11 is 0. The van der Waals surface area contributed by atoms with E-state index in [4.69, 9.17) is 9.47 Å². The van der Waals surface area contributed by atoms with Crippen molar-refractivity contribution >= 4 is 16.7 Å². The van der Waals surface area contributed by atoms with Gasteiger partial charge in [0.25, 0.3) is 11.4 Å². The number of ether oxygens (including phenoxy) is 2. The number of nitrogens with zero attached hydrogens (tertiary/aromatic N) is 3. The predicted octanol–water partition coefficient (Wildman–Crippen LogP) is 2.70. The second kappa shape index (κ2) is 7.48. The molecule has 0 fully saturated rings. The van der Waals surface area contributed by atoms with Gasteiger partial charge in [0.2, 0.25) is 0 Å². The lowest BCUT2D eigenvalue weighted by atomic mass is 10.1. The lowest BCUT2D eigenvalue weighted by Crippen LogP contribution is -2.48. The van der Waals surface area contributed by atoms with Gasteiger partial charge in [0.1, 0.15) is 11.2 Å². The van der Waals surface area contributed by atoms with Gasteiger partial charge in [-0.15, -0.1) is 0 Å². The van der Waals surface area contributed by atoms with Crippen molar-refractivity contribution in [1.82, 2.24) is 14.5 Å². The molecule has 0 saturated heterocycles. The molecular weight excluding hydrogens is 405 g/mol. The van der Waals surface area contributed by atoms with E-state index < -0.39 is 23.3 Å². The Kier molecular flexibility index (Phi) is 5.33. The lowest BCUT2D eigenvalue weighted by molar-refractivity contribution is -0.226. The molecule has 1 aromatic carbocycles. The standard InChI is InChI=1S/C19H19F3N4O4/c1-18(20,28)19(21,22)25-16-15-12(23-9-26(2)17(15)27)8-11(24-16)10-5-6-13(29-3)14(7-10)30-4/h5-9,28H,1-4H3,(H,24,25). The Morgan fingerprint density at radius 3 is 2.40 bits per heavy atom. The second-order valence-electron chi connectivity index (χ2n) is 6.63. The van der Waals surface area contributed by atoms with Crippen molar-refractivity contribution in [2.24, 2.45) is 7.05 Å². The van der Waals surface area contributed by atoms with Crippen molar-refractivity contribution in [1.29, 1.82) is 0 Å². The molecule has 0 aliphatic rings. The van der Waals surface area contributed by atoms with E-state index in [1.807, 2.05) is 0 Å². The average Bonchev–Trinajstić information content (AvgIpc) is 2.68. The number of hydrogen-bond donors (Lipinski definition) is 2. The summed E-state index contributed by atoms with van der Waals surface area (Å²) in [6.45, 7) is 0.288. The summed E-state index contributed by atoms with van der Waals surface area (Å²) in [5, 5.41) is 10.4. The van der Waals surface area contributed by atoms with Crippen LogP contribution in [0.15, 0.2) is 35.4 Å². The van der Waals surface area contributed by atoms with Crippen LogP contribution in [0, 0.1) is 0 Å². The lowest BCUT2D eigenvalue weighted by Gasteiger charge is -2.26. The molecule has 2 N–H and O–H groups in total. The van der Waals surface area contributed by atoms with Crippen molar-refractivity contribution in [2.45, 2.75) is 18.8 Å². The summed E-state index contributed by atoms with van der Waals surface area (Å²) < 4.78 is 53.5. The minimum atomic E-state index is -4.44. The number of rotatable bonds is 6. The van der Waals surface area contributed by atoms with Gasteiger partial charge in [-0.2, -0.15) is 8.78 Å². The molecule has 1 atom stereocenters. The first-order valence-electron chi connectivity index (χ1n) is 8.64. The van der Waals surface area contributed by atoms with Crippen LogP contribution in [0.3, 0.4) is 0 Å². The van der Waals surface area contributed by atoms with E-state index in [0.29, 0.717) is 17.1 Å². The van der Waals surface area contributed by atoms with Gasteiger partial charge >= 0.3 is 6.05 Å². The quantitative estimate of drug-likeness (QED) is 0.587.